The summed E-state index contributed by atoms with van der Waals surface area (Å²) >= 11 is 0. The lowest BCUT2D eigenvalue weighted by atomic mass is 10.1. The van der Waals surface area contributed by atoms with E-state index >= 15 is 0 Å². The molecule has 0 fully saturated rings. The minimum Gasteiger partial charge on any atom is -0.493 e. The van der Waals surface area contributed by atoms with Crippen LogP contribution < -0.4 is 14.8 Å². The molecule has 0 aliphatic heterocycles. The molecule has 7 heteroatoms. The van der Waals surface area contributed by atoms with Gasteiger partial charge in [-0.05, 0) is 25.5 Å². The first kappa shape index (κ1) is 19.4. The lowest BCUT2D eigenvalue weighted by Crippen LogP contribution is -2.37. The smallest absolute Gasteiger partial charge is 0.261 e. The number of nitrogens with one attached hydrogen (secondary N) is 1. The molecule has 0 aliphatic rings. The Labute approximate surface area is 163 Å². The number of hydrogen-bond acceptors (Lipinski definition) is 6. The van der Waals surface area contributed by atoms with E-state index < -0.39 is 6.10 Å². The molecule has 0 saturated carbocycles. The largest absolute Gasteiger partial charge is 0.493 e. The fourth-order valence-corrected chi connectivity index (χ4v) is 2.61. The maximum atomic E-state index is 12.5. The van der Waals surface area contributed by atoms with E-state index in [0.29, 0.717) is 29.6 Å². The number of methoxy groups -OCH3 is 1. The van der Waals surface area contributed by atoms with Crippen molar-refractivity contribution in [1.82, 2.24) is 15.5 Å². The van der Waals surface area contributed by atoms with Crippen molar-refractivity contribution in [3.05, 3.63) is 60.0 Å². The van der Waals surface area contributed by atoms with Gasteiger partial charge in [0.05, 0.1) is 13.7 Å². The van der Waals surface area contributed by atoms with E-state index in [1.807, 2.05) is 50.2 Å². The normalized spacial score (nSPS) is 11.7. The maximum Gasteiger partial charge on any atom is 0.261 e. The van der Waals surface area contributed by atoms with Crippen LogP contribution in [0.15, 0.2) is 53.1 Å². The number of aromatic nitrogens is 2. The number of aryl methyl sites for hydroxylation is 1. The van der Waals surface area contributed by atoms with Crippen molar-refractivity contribution in [3.8, 4) is 22.9 Å². The highest BCUT2D eigenvalue weighted by Gasteiger charge is 2.20. The second kappa shape index (κ2) is 9.03. The summed E-state index contributed by atoms with van der Waals surface area (Å²) in [5.41, 5.74) is 2.01. The molecule has 0 radical (unpaired) electrons. The average Bonchev–Trinajstić information content (AvgIpc) is 3.20. The van der Waals surface area contributed by atoms with Gasteiger partial charge in [0.25, 0.3) is 5.91 Å². The topological polar surface area (TPSA) is 86.5 Å². The van der Waals surface area contributed by atoms with Crippen LogP contribution in [0, 0.1) is 6.92 Å². The van der Waals surface area contributed by atoms with Crippen LogP contribution in [0.25, 0.3) is 11.4 Å². The van der Waals surface area contributed by atoms with Gasteiger partial charge in [-0.15, -0.1) is 0 Å². The molecule has 28 heavy (non-hydrogen) atoms. The predicted molar refractivity (Wildman–Crippen MR) is 104 cm³/mol. The van der Waals surface area contributed by atoms with Crippen LogP contribution >= 0.6 is 0 Å². The standard InChI is InChI=1S/C21H23N3O4/c1-4-16(27-18-8-6-5-7-17(18)26-3)21(25)22-13-19-23-20(24-28-19)15-11-9-14(2)10-12-15/h5-12,16H,4,13H2,1-3H3,(H,22,25). The van der Waals surface area contributed by atoms with Crippen molar-refractivity contribution in [2.24, 2.45) is 0 Å². The number of rotatable bonds is 8. The lowest BCUT2D eigenvalue weighted by molar-refractivity contribution is -0.128. The number of nitrogens with zero attached hydrogens (tertiary/aromatic N) is 2. The molecule has 0 saturated heterocycles. The molecule has 1 atom stereocenters. The molecular formula is C21H23N3O4. The fourth-order valence-electron chi connectivity index (χ4n) is 2.61. The highest BCUT2D eigenvalue weighted by atomic mass is 16.5. The third kappa shape index (κ3) is 4.68. The van der Waals surface area contributed by atoms with Gasteiger partial charge in [-0.25, -0.2) is 0 Å². The summed E-state index contributed by atoms with van der Waals surface area (Å²) in [5.74, 6) is 1.65. The molecule has 7 nitrogen and oxygen atoms in total. The number of carbonyl (C=O) groups is 1. The van der Waals surface area contributed by atoms with E-state index in [4.69, 9.17) is 14.0 Å². The zero-order valence-electron chi connectivity index (χ0n) is 16.1. The van der Waals surface area contributed by atoms with Gasteiger partial charge < -0.3 is 19.3 Å². The fraction of sp³-hybridized carbons (Fsp3) is 0.286. The van der Waals surface area contributed by atoms with Crippen molar-refractivity contribution >= 4 is 5.91 Å². The van der Waals surface area contributed by atoms with Gasteiger partial charge in [-0.2, -0.15) is 4.98 Å². The Morgan fingerprint density at radius 1 is 1.14 bits per heavy atom. The van der Waals surface area contributed by atoms with Crippen molar-refractivity contribution in [2.45, 2.75) is 32.9 Å². The quantitative estimate of drug-likeness (QED) is 0.642. The van der Waals surface area contributed by atoms with E-state index in [0.717, 1.165) is 11.1 Å². The molecular weight excluding hydrogens is 358 g/mol. The second-order valence-corrected chi connectivity index (χ2v) is 6.26. The van der Waals surface area contributed by atoms with E-state index in [-0.39, 0.29) is 12.5 Å². The molecule has 3 aromatic rings. The molecule has 0 aliphatic carbocycles. The predicted octanol–water partition coefficient (Wildman–Crippen LogP) is 3.53. The monoisotopic (exact) mass is 381 g/mol. The van der Waals surface area contributed by atoms with Gasteiger partial charge in [-0.3, -0.25) is 4.79 Å². The highest BCUT2D eigenvalue weighted by molar-refractivity contribution is 5.81. The summed E-state index contributed by atoms with van der Waals surface area (Å²) in [6.07, 6.45) is -0.154. The molecule has 1 heterocycles. The first-order chi connectivity index (χ1) is 13.6. The molecule has 1 aromatic heterocycles. The van der Waals surface area contributed by atoms with Crippen LogP contribution in [0.3, 0.4) is 0 Å². The first-order valence-electron chi connectivity index (χ1n) is 9.07. The molecule has 1 amide bonds. The third-order valence-corrected chi connectivity index (χ3v) is 4.19. The van der Waals surface area contributed by atoms with E-state index in [1.165, 1.54) is 0 Å². The van der Waals surface area contributed by atoms with Crippen LogP contribution in [0.5, 0.6) is 11.5 Å². The Bertz CT molecular complexity index is 921. The summed E-state index contributed by atoms with van der Waals surface area (Å²) in [5, 5.41) is 6.74. The molecule has 0 bridgehead atoms. The molecule has 2 aromatic carbocycles. The van der Waals surface area contributed by atoms with Crippen molar-refractivity contribution < 1.29 is 18.8 Å². The second-order valence-electron chi connectivity index (χ2n) is 6.26. The lowest BCUT2D eigenvalue weighted by Gasteiger charge is -2.18. The summed E-state index contributed by atoms with van der Waals surface area (Å²) in [6, 6.07) is 15.0. The highest BCUT2D eigenvalue weighted by Crippen LogP contribution is 2.27. The number of hydrogen-bond donors (Lipinski definition) is 1. The molecule has 3 rings (SSSR count). The molecule has 1 unspecified atom stereocenters. The summed E-state index contributed by atoms with van der Waals surface area (Å²) in [6.45, 7) is 4.02. The number of ether oxygens (including phenoxy) is 2. The molecule has 1 N–H and O–H groups in total. The number of benzene rings is 2. The van der Waals surface area contributed by atoms with Gasteiger partial charge in [0.1, 0.15) is 0 Å². The van der Waals surface area contributed by atoms with Crippen molar-refractivity contribution in [2.75, 3.05) is 7.11 Å². The third-order valence-electron chi connectivity index (χ3n) is 4.19. The van der Waals surface area contributed by atoms with Gasteiger partial charge in [0.2, 0.25) is 11.7 Å². The van der Waals surface area contributed by atoms with Gasteiger partial charge in [-0.1, -0.05) is 54.0 Å². The van der Waals surface area contributed by atoms with Gasteiger partial charge in [0.15, 0.2) is 17.6 Å². The average molecular weight is 381 g/mol. The Kier molecular flexibility index (Phi) is 6.26. The van der Waals surface area contributed by atoms with E-state index in [2.05, 4.69) is 15.5 Å². The Morgan fingerprint density at radius 2 is 1.86 bits per heavy atom. The minimum absolute atomic E-state index is 0.128. The Balaban J connectivity index is 1.60. The van der Waals surface area contributed by atoms with Crippen LogP contribution in [0.1, 0.15) is 24.8 Å². The number of para-hydroxylation sites is 2. The Hall–Kier alpha value is -3.35. The zero-order chi connectivity index (χ0) is 19.9. The number of amides is 1. The van der Waals surface area contributed by atoms with Crippen LogP contribution in [-0.2, 0) is 11.3 Å². The maximum absolute atomic E-state index is 12.5. The zero-order valence-corrected chi connectivity index (χ0v) is 16.1. The van der Waals surface area contributed by atoms with Gasteiger partial charge in [0, 0.05) is 5.56 Å². The van der Waals surface area contributed by atoms with Crippen molar-refractivity contribution in [1.29, 1.82) is 0 Å². The first-order valence-corrected chi connectivity index (χ1v) is 9.07. The van der Waals surface area contributed by atoms with Crippen LogP contribution in [0.4, 0.5) is 0 Å². The van der Waals surface area contributed by atoms with Crippen LogP contribution in [0.2, 0.25) is 0 Å². The minimum atomic E-state index is -0.657. The van der Waals surface area contributed by atoms with Crippen molar-refractivity contribution in [3.63, 3.8) is 0 Å². The summed E-state index contributed by atoms with van der Waals surface area (Å²) in [4.78, 5) is 16.8. The van der Waals surface area contributed by atoms with E-state index in [9.17, 15) is 4.79 Å². The summed E-state index contributed by atoms with van der Waals surface area (Å²) < 4.78 is 16.3. The van der Waals surface area contributed by atoms with E-state index in [1.54, 1.807) is 19.2 Å². The molecule has 0 spiro atoms. The molecule has 146 valence electrons. The SMILES string of the molecule is CCC(Oc1ccccc1OC)C(=O)NCc1nc(-c2ccc(C)cc2)no1. The van der Waals surface area contributed by atoms with Crippen LogP contribution in [-0.4, -0.2) is 29.3 Å². The van der Waals surface area contributed by atoms with Gasteiger partial charge >= 0.3 is 0 Å². The number of carbonyl (C=O) groups excluding carboxylic acids is 1. The Morgan fingerprint density at radius 3 is 2.54 bits per heavy atom. The summed E-state index contributed by atoms with van der Waals surface area (Å²) in [7, 11) is 1.56.